The number of rotatable bonds is 2. The van der Waals surface area contributed by atoms with Crippen LogP contribution in [0.15, 0.2) is 41.7 Å². The fraction of sp³-hybridized carbons (Fsp3) is 0.500. The number of para-hydroxylation sites is 1. The Balaban J connectivity index is 1.38. The van der Waals surface area contributed by atoms with Gasteiger partial charge >= 0.3 is 0 Å². The van der Waals surface area contributed by atoms with Crippen molar-refractivity contribution in [2.24, 2.45) is 12.0 Å². The van der Waals surface area contributed by atoms with Crippen LogP contribution in [-0.4, -0.2) is 57.3 Å². The van der Waals surface area contributed by atoms with Crippen molar-refractivity contribution in [3.63, 3.8) is 0 Å². The summed E-state index contributed by atoms with van der Waals surface area (Å²) in [4.78, 5) is 10.0. The highest BCUT2D eigenvalue weighted by molar-refractivity contribution is 6.06. The van der Waals surface area contributed by atoms with Crippen molar-refractivity contribution < 1.29 is 0 Å². The molecule has 0 unspecified atom stereocenters. The lowest BCUT2D eigenvalue weighted by molar-refractivity contribution is 0.0799. The first-order valence-electron chi connectivity index (χ1n) is 9.63. The SMILES string of the molecule is Cn1cc(CN2CCC3(CC2)Nc2ccccc2C2=NCCCN23)cn1. The normalized spacial score (nSPS) is 21.7. The number of piperidine rings is 1. The molecule has 1 spiro atoms. The van der Waals surface area contributed by atoms with Gasteiger partial charge in [0.2, 0.25) is 0 Å². The number of likely N-dealkylation sites (tertiary alicyclic amines) is 1. The largest absolute Gasteiger partial charge is 0.362 e. The van der Waals surface area contributed by atoms with Crippen molar-refractivity contribution in [1.29, 1.82) is 0 Å². The minimum Gasteiger partial charge on any atom is -0.362 e. The Morgan fingerprint density at radius 2 is 2.00 bits per heavy atom. The molecule has 1 N–H and O–H groups in total. The predicted molar refractivity (Wildman–Crippen MR) is 103 cm³/mol. The fourth-order valence-electron chi connectivity index (χ4n) is 4.65. The molecule has 6 nitrogen and oxygen atoms in total. The summed E-state index contributed by atoms with van der Waals surface area (Å²) >= 11 is 0. The molecule has 3 aliphatic rings. The molecular formula is C20H26N6. The van der Waals surface area contributed by atoms with E-state index in [0.717, 1.165) is 52.0 Å². The van der Waals surface area contributed by atoms with Gasteiger partial charge in [0.1, 0.15) is 11.5 Å². The third-order valence-corrected chi connectivity index (χ3v) is 5.96. The van der Waals surface area contributed by atoms with Crippen LogP contribution in [0.1, 0.15) is 30.4 Å². The van der Waals surface area contributed by atoms with Gasteiger partial charge in [-0.15, -0.1) is 0 Å². The van der Waals surface area contributed by atoms with Crippen LogP contribution >= 0.6 is 0 Å². The van der Waals surface area contributed by atoms with Crippen molar-refractivity contribution in [1.82, 2.24) is 19.6 Å². The van der Waals surface area contributed by atoms with E-state index in [1.165, 1.54) is 22.6 Å². The van der Waals surface area contributed by atoms with Crippen molar-refractivity contribution >= 4 is 11.5 Å². The lowest BCUT2D eigenvalue weighted by Gasteiger charge is -2.54. The molecule has 1 aromatic carbocycles. The average molecular weight is 350 g/mol. The highest BCUT2D eigenvalue weighted by atomic mass is 15.4. The first-order valence-corrected chi connectivity index (χ1v) is 9.63. The molecular weight excluding hydrogens is 324 g/mol. The second-order valence-corrected chi connectivity index (χ2v) is 7.71. The van der Waals surface area contributed by atoms with Crippen molar-refractivity contribution in [3.8, 4) is 0 Å². The van der Waals surface area contributed by atoms with Crippen LogP contribution in [0.4, 0.5) is 5.69 Å². The molecule has 2 aromatic rings. The van der Waals surface area contributed by atoms with Crippen LogP contribution < -0.4 is 5.32 Å². The first kappa shape index (κ1) is 15.9. The third kappa shape index (κ3) is 2.60. The summed E-state index contributed by atoms with van der Waals surface area (Å²) in [7, 11) is 1.98. The Morgan fingerprint density at radius 1 is 1.15 bits per heavy atom. The minimum atomic E-state index is 0.0129. The number of nitrogens with one attached hydrogen (secondary N) is 1. The van der Waals surface area contributed by atoms with Gasteiger partial charge in [-0.2, -0.15) is 5.10 Å². The van der Waals surface area contributed by atoms with Gasteiger partial charge in [-0.3, -0.25) is 14.6 Å². The highest BCUT2D eigenvalue weighted by Gasteiger charge is 2.45. The predicted octanol–water partition coefficient (Wildman–Crippen LogP) is 2.29. The maximum atomic E-state index is 4.91. The van der Waals surface area contributed by atoms with E-state index in [2.05, 4.69) is 50.7 Å². The van der Waals surface area contributed by atoms with E-state index in [-0.39, 0.29) is 5.66 Å². The summed E-state index contributed by atoms with van der Waals surface area (Å²) in [6, 6.07) is 8.64. The van der Waals surface area contributed by atoms with E-state index in [1.807, 2.05) is 17.9 Å². The van der Waals surface area contributed by atoms with Gasteiger partial charge in [0.05, 0.1) is 6.20 Å². The molecule has 1 saturated heterocycles. The number of aromatic nitrogens is 2. The van der Waals surface area contributed by atoms with Gasteiger partial charge in [-0.25, -0.2) is 0 Å². The number of amidine groups is 1. The molecule has 0 saturated carbocycles. The second kappa shape index (κ2) is 6.13. The fourth-order valence-corrected chi connectivity index (χ4v) is 4.65. The molecule has 4 heterocycles. The van der Waals surface area contributed by atoms with E-state index in [0.29, 0.717) is 0 Å². The maximum absolute atomic E-state index is 4.91. The molecule has 0 aliphatic carbocycles. The summed E-state index contributed by atoms with van der Waals surface area (Å²) in [6.45, 7) is 5.22. The van der Waals surface area contributed by atoms with Gasteiger partial charge < -0.3 is 10.2 Å². The highest BCUT2D eigenvalue weighted by Crippen LogP contribution is 2.39. The molecule has 26 heavy (non-hydrogen) atoms. The van der Waals surface area contributed by atoms with Crippen LogP contribution in [0.25, 0.3) is 0 Å². The summed E-state index contributed by atoms with van der Waals surface area (Å²) in [5, 5.41) is 8.20. The smallest absolute Gasteiger partial charge is 0.134 e. The second-order valence-electron chi connectivity index (χ2n) is 7.71. The van der Waals surface area contributed by atoms with Gasteiger partial charge in [0, 0.05) is 75.6 Å². The number of benzene rings is 1. The number of hydrogen-bond acceptors (Lipinski definition) is 5. The zero-order valence-corrected chi connectivity index (χ0v) is 15.4. The molecule has 3 aliphatic heterocycles. The zero-order chi connectivity index (χ0) is 17.6. The number of hydrogen-bond donors (Lipinski definition) is 1. The van der Waals surface area contributed by atoms with Gasteiger partial charge in [0.15, 0.2) is 0 Å². The Bertz CT molecular complexity index is 830. The molecule has 0 atom stereocenters. The Hall–Kier alpha value is -2.34. The summed E-state index contributed by atoms with van der Waals surface area (Å²) in [5.74, 6) is 1.20. The number of aliphatic imine (C=N–C) groups is 1. The summed E-state index contributed by atoms with van der Waals surface area (Å²) < 4.78 is 1.89. The molecule has 136 valence electrons. The van der Waals surface area contributed by atoms with Crippen molar-refractivity contribution in [3.05, 3.63) is 47.8 Å². The maximum Gasteiger partial charge on any atom is 0.134 e. The molecule has 0 amide bonds. The standard InChI is InChI=1S/C20H26N6/c1-24-14-16(13-22-24)15-25-11-7-20(8-12-25)23-18-6-3-2-5-17(18)19-21-9-4-10-26(19)20/h2-3,5-6,13-14,23H,4,7-12,15H2,1H3. The lowest BCUT2D eigenvalue weighted by Crippen LogP contribution is -2.65. The van der Waals surface area contributed by atoms with Crippen LogP contribution in [0.5, 0.6) is 0 Å². The zero-order valence-electron chi connectivity index (χ0n) is 15.4. The van der Waals surface area contributed by atoms with Crippen LogP contribution in [-0.2, 0) is 13.6 Å². The molecule has 0 bridgehead atoms. The van der Waals surface area contributed by atoms with Crippen molar-refractivity contribution in [2.45, 2.75) is 31.5 Å². The van der Waals surface area contributed by atoms with E-state index in [9.17, 15) is 0 Å². The number of anilines is 1. The first-order chi connectivity index (χ1) is 12.7. The molecule has 0 radical (unpaired) electrons. The molecule has 1 fully saturated rings. The average Bonchev–Trinajstić information content (AvgIpc) is 3.09. The lowest BCUT2D eigenvalue weighted by atomic mass is 9.89. The van der Waals surface area contributed by atoms with E-state index < -0.39 is 0 Å². The summed E-state index contributed by atoms with van der Waals surface area (Å²) in [5.41, 5.74) is 3.81. The van der Waals surface area contributed by atoms with Crippen LogP contribution in [0, 0.1) is 0 Å². The molecule has 5 rings (SSSR count). The van der Waals surface area contributed by atoms with E-state index in [1.54, 1.807) is 0 Å². The summed E-state index contributed by atoms with van der Waals surface area (Å²) in [6.07, 6.45) is 7.47. The van der Waals surface area contributed by atoms with Gasteiger partial charge in [-0.05, 0) is 18.6 Å². The van der Waals surface area contributed by atoms with E-state index >= 15 is 0 Å². The Labute approximate surface area is 154 Å². The number of nitrogens with zero attached hydrogens (tertiary/aromatic N) is 5. The number of aryl methyl sites for hydroxylation is 1. The minimum absolute atomic E-state index is 0.0129. The molecule has 6 heteroatoms. The topological polar surface area (TPSA) is 48.7 Å². The quantitative estimate of drug-likeness (QED) is 0.903. The molecule has 1 aromatic heterocycles. The number of fused-ring (bicyclic) bond motifs is 4. The van der Waals surface area contributed by atoms with Crippen LogP contribution in [0.2, 0.25) is 0 Å². The monoisotopic (exact) mass is 350 g/mol. The van der Waals surface area contributed by atoms with Crippen molar-refractivity contribution in [2.75, 3.05) is 31.5 Å². The van der Waals surface area contributed by atoms with Gasteiger partial charge in [-0.1, -0.05) is 12.1 Å². The van der Waals surface area contributed by atoms with E-state index in [4.69, 9.17) is 4.99 Å². The Morgan fingerprint density at radius 3 is 2.81 bits per heavy atom. The Kier molecular flexibility index (Phi) is 3.74. The van der Waals surface area contributed by atoms with Gasteiger partial charge in [0.25, 0.3) is 0 Å². The van der Waals surface area contributed by atoms with Crippen LogP contribution in [0.3, 0.4) is 0 Å². The third-order valence-electron chi connectivity index (χ3n) is 5.96.